The summed E-state index contributed by atoms with van der Waals surface area (Å²) < 4.78 is 0.792. The average molecular weight is 336 g/mol. The van der Waals surface area contributed by atoms with E-state index in [2.05, 4.69) is 34.7 Å². The van der Waals surface area contributed by atoms with Crippen molar-refractivity contribution >= 4 is 39.8 Å². The third-order valence-corrected chi connectivity index (χ3v) is 4.86. The van der Waals surface area contributed by atoms with Gasteiger partial charge in [0.05, 0.1) is 5.75 Å². The summed E-state index contributed by atoms with van der Waals surface area (Å²) in [6, 6.07) is 8.09. The van der Waals surface area contributed by atoms with Crippen molar-refractivity contribution in [1.29, 1.82) is 0 Å². The molecule has 5 nitrogen and oxygen atoms in total. The lowest BCUT2D eigenvalue weighted by molar-refractivity contribution is -0.118. The Balaban J connectivity index is 1.78. The van der Waals surface area contributed by atoms with Gasteiger partial charge in [0.15, 0.2) is 4.34 Å². The lowest BCUT2D eigenvalue weighted by Gasteiger charge is -2.02. The molecular weight excluding hydrogens is 316 g/mol. The van der Waals surface area contributed by atoms with Crippen molar-refractivity contribution in [2.24, 2.45) is 0 Å². The number of benzene rings is 1. The molecule has 0 atom stereocenters. The second kappa shape index (κ2) is 8.75. The number of anilines is 2. The van der Waals surface area contributed by atoms with E-state index in [1.54, 1.807) is 0 Å². The Hall–Kier alpha value is -1.60. The van der Waals surface area contributed by atoms with Crippen molar-refractivity contribution in [2.75, 3.05) is 17.6 Å². The Bertz CT molecular complexity index is 598. The molecule has 1 aromatic heterocycles. The zero-order valence-electron chi connectivity index (χ0n) is 12.8. The quantitative estimate of drug-likeness (QED) is 0.569. The molecule has 0 saturated carbocycles. The van der Waals surface area contributed by atoms with Crippen LogP contribution in [-0.2, 0) is 4.79 Å². The molecule has 1 amide bonds. The molecule has 1 heterocycles. The summed E-state index contributed by atoms with van der Waals surface area (Å²) in [5.41, 5.74) is 2.20. The number of nitrogens with one attached hydrogen (secondary N) is 2. The Morgan fingerprint density at radius 1 is 1.27 bits per heavy atom. The van der Waals surface area contributed by atoms with Crippen LogP contribution >= 0.6 is 23.1 Å². The molecule has 0 spiro atoms. The molecule has 7 heteroatoms. The van der Waals surface area contributed by atoms with Crippen LogP contribution in [0.25, 0.3) is 0 Å². The van der Waals surface area contributed by atoms with Crippen molar-refractivity contribution in [1.82, 2.24) is 15.5 Å². The Morgan fingerprint density at radius 3 is 2.77 bits per heavy atom. The monoisotopic (exact) mass is 336 g/mol. The predicted octanol–water partition coefficient (Wildman–Crippen LogP) is 3.60. The van der Waals surface area contributed by atoms with E-state index in [0.717, 1.165) is 34.5 Å². The minimum absolute atomic E-state index is 0.0432. The third-order valence-electron chi connectivity index (χ3n) is 2.89. The molecule has 0 fully saturated rings. The predicted molar refractivity (Wildman–Crippen MR) is 93.0 cm³/mol. The molecule has 0 radical (unpaired) electrons. The summed E-state index contributed by atoms with van der Waals surface area (Å²) in [6.45, 7) is 4.89. The molecule has 2 N–H and O–H groups in total. The summed E-state index contributed by atoms with van der Waals surface area (Å²) in [5.74, 6) is 0.421. The van der Waals surface area contributed by atoms with Crippen LogP contribution in [0.3, 0.4) is 0 Å². The number of carbonyl (C=O) groups excluding carboxylic acids is 1. The van der Waals surface area contributed by atoms with E-state index >= 15 is 0 Å². The first kappa shape index (κ1) is 16.8. The number of thioether (sulfide) groups is 1. The summed E-state index contributed by atoms with van der Waals surface area (Å²) >= 11 is 2.87. The van der Waals surface area contributed by atoms with Crippen LogP contribution in [0.15, 0.2) is 28.6 Å². The van der Waals surface area contributed by atoms with Crippen molar-refractivity contribution in [2.45, 2.75) is 31.0 Å². The van der Waals surface area contributed by atoms with Crippen LogP contribution in [0.1, 0.15) is 25.3 Å². The largest absolute Gasteiger partial charge is 0.355 e. The van der Waals surface area contributed by atoms with Crippen molar-refractivity contribution in [3.8, 4) is 0 Å². The van der Waals surface area contributed by atoms with E-state index in [4.69, 9.17) is 0 Å². The van der Waals surface area contributed by atoms with E-state index in [-0.39, 0.29) is 5.91 Å². The first-order valence-corrected chi connectivity index (χ1v) is 9.04. The zero-order valence-corrected chi connectivity index (χ0v) is 14.4. The Morgan fingerprint density at radius 2 is 2.05 bits per heavy atom. The van der Waals surface area contributed by atoms with Gasteiger partial charge in [0.25, 0.3) is 0 Å². The van der Waals surface area contributed by atoms with Gasteiger partial charge >= 0.3 is 0 Å². The number of hydrogen-bond acceptors (Lipinski definition) is 6. The summed E-state index contributed by atoms with van der Waals surface area (Å²) in [4.78, 5) is 11.6. The average Bonchev–Trinajstić information content (AvgIpc) is 2.95. The maximum absolute atomic E-state index is 11.6. The highest BCUT2D eigenvalue weighted by Crippen LogP contribution is 2.27. The van der Waals surface area contributed by atoms with E-state index < -0.39 is 0 Å². The number of hydrogen-bond donors (Lipinski definition) is 2. The molecule has 0 aliphatic rings. The van der Waals surface area contributed by atoms with E-state index in [1.807, 2.05) is 24.3 Å². The minimum atomic E-state index is 0.0432. The maximum atomic E-state index is 11.6. The first-order valence-electron chi connectivity index (χ1n) is 7.24. The highest BCUT2D eigenvalue weighted by Gasteiger charge is 2.08. The van der Waals surface area contributed by atoms with Gasteiger partial charge in [-0.1, -0.05) is 54.1 Å². The summed E-state index contributed by atoms with van der Waals surface area (Å²) in [5, 5.41) is 15.0. The molecule has 2 aromatic rings. The fourth-order valence-corrected chi connectivity index (χ4v) is 3.26. The van der Waals surface area contributed by atoms with Crippen molar-refractivity contribution in [3.63, 3.8) is 0 Å². The first-order chi connectivity index (χ1) is 10.7. The van der Waals surface area contributed by atoms with Crippen molar-refractivity contribution in [3.05, 3.63) is 29.8 Å². The second-order valence-electron chi connectivity index (χ2n) is 4.86. The fourth-order valence-electron chi connectivity index (χ4n) is 1.66. The minimum Gasteiger partial charge on any atom is -0.355 e. The van der Waals surface area contributed by atoms with Gasteiger partial charge in [-0.25, -0.2) is 0 Å². The van der Waals surface area contributed by atoms with Crippen LogP contribution < -0.4 is 10.6 Å². The van der Waals surface area contributed by atoms with Crippen LogP contribution in [0.2, 0.25) is 0 Å². The Labute approximate surface area is 138 Å². The lowest BCUT2D eigenvalue weighted by atomic mass is 10.2. The van der Waals surface area contributed by atoms with Crippen LogP contribution in [-0.4, -0.2) is 28.4 Å². The molecular formula is C15H20N4OS2. The summed E-state index contributed by atoms with van der Waals surface area (Å²) in [7, 11) is 0. The molecule has 0 aliphatic carbocycles. The highest BCUT2D eigenvalue weighted by atomic mass is 32.2. The zero-order chi connectivity index (χ0) is 15.8. The Kier molecular flexibility index (Phi) is 6.67. The van der Waals surface area contributed by atoms with Gasteiger partial charge in [-0.2, -0.15) is 0 Å². The van der Waals surface area contributed by atoms with Gasteiger partial charge in [0.1, 0.15) is 0 Å². The van der Waals surface area contributed by atoms with E-state index in [0.29, 0.717) is 5.75 Å². The third kappa shape index (κ3) is 5.65. The normalized spacial score (nSPS) is 10.5. The van der Waals surface area contributed by atoms with E-state index in [9.17, 15) is 4.79 Å². The summed E-state index contributed by atoms with van der Waals surface area (Å²) in [6.07, 6.45) is 2.09. The lowest BCUT2D eigenvalue weighted by Crippen LogP contribution is -2.25. The molecule has 0 unspecified atom stereocenters. The fraction of sp³-hybridized carbons (Fsp3) is 0.400. The standard InChI is InChI=1S/C15H20N4OS2/c1-3-4-9-16-13(20)10-21-15-19-18-14(22-15)17-12-7-5-11(2)6-8-12/h5-8H,3-4,9-10H2,1-2H3,(H,16,20)(H,17,18). The van der Waals surface area contributed by atoms with Crippen LogP contribution in [0.5, 0.6) is 0 Å². The number of aromatic nitrogens is 2. The van der Waals surface area contributed by atoms with Crippen molar-refractivity contribution < 1.29 is 4.79 Å². The van der Waals surface area contributed by atoms with Gasteiger partial charge < -0.3 is 10.6 Å². The smallest absolute Gasteiger partial charge is 0.230 e. The molecule has 0 saturated heterocycles. The molecule has 22 heavy (non-hydrogen) atoms. The number of unbranched alkanes of at least 4 members (excludes halogenated alkanes) is 1. The molecule has 0 aliphatic heterocycles. The number of rotatable bonds is 8. The number of aryl methyl sites for hydroxylation is 1. The second-order valence-corrected chi connectivity index (χ2v) is 7.06. The topological polar surface area (TPSA) is 66.9 Å². The van der Waals surface area contributed by atoms with Crippen LogP contribution in [0.4, 0.5) is 10.8 Å². The maximum Gasteiger partial charge on any atom is 0.230 e. The highest BCUT2D eigenvalue weighted by molar-refractivity contribution is 8.01. The molecule has 2 rings (SSSR count). The van der Waals surface area contributed by atoms with Gasteiger partial charge in [-0.05, 0) is 25.5 Å². The van der Waals surface area contributed by atoms with Gasteiger partial charge in [0, 0.05) is 12.2 Å². The molecule has 0 bridgehead atoms. The molecule has 118 valence electrons. The SMILES string of the molecule is CCCCNC(=O)CSc1nnc(Nc2ccc(C)cc2)s1. The number of nitrogens with zero attached hydrogens (tertiary/aromatic N) is 2. The molecule has 1 aromatic carbocycles. The van der Waals surface area contributed by atoms with Crippen LogP contribution in [0, 0.1) is 6.92 Å². The number of carbonyl (C=O) groups is 1. The van der Waals surface area contributed by atoms with Gasteiger partial charge in [-0.3, -0.25) is 4.79 Å². The van der Waals surface area contributed by atoms with E-state index in [1.165, 1.54) is 28.7 Å². The van der Waals surface area contributed by atoms with Gasteiger partial charge in [-0.15, -0.1) is 10.2 Å². The number of amides is 1. The van der Waals surface area contributed by atoms with Gasteiger partial charge in [0.2, 0.25) is 11.0 Å².